The third kappa shape index (κ3) is 9.26. The van der Waals surface area contributed by atoms with E-state index in [1.807, 2.05) is 147 Å². The number of fused-ring (bicyclic) bond motifs is 4. The summed E-state index contributed by atoms with van der Waals surface area (Å²) in [5, 5.41) is 1.84. The minimum atomic E-state index is 0. The molecule has 9 heteroatoms. The van der Waals surface area contributed by atoms with E-state index in [9.17, 15) is 0 Å². The van der Waals surface area contributed by atoms with E-state index in [1.165, 1.54) is 27.8 Å². The van der Waals surface area contributed by atoms with Crippen molar-refractivity contribution in [2.75, 3.05) is 0 Å². The molecule has 8 nitrogen and oxygen atoms in total. The molecule has 0 aliphatic rings. The Bertz CT molecular complexity index is 3920. The van der Waals surface area contributed by atoms with Crippen LogP contribution in [0.1, 0.15) is 0 Å². The van der Waals surface area contributed by atoms with E-state index in [1.54, 1.807) is 0 Å². The molecule has 8 aromatic carbocycles. The van der Waals surface area contributed by atoms with E-state index in [0.29, 0.717) is 28.9 Å². The fourth-order valence-electron chi connectivity index (χ4n) is 8.81. The summed E-state index contributed by atoms with van der Waals surface area (Å²) >= 11 is 0. The molecule has 345 valence electrons. The first kappa shape index (κ1) is 45.4. The molecule has 0 bridgehead atoms. The molecule has 0 amide bonds. The molecule has 0 aliphatic carbocycles. The number of hydrogen-bond acceptors (Lipinski definition) is 7. The van der Waals surface area contributed by atoms with Crippen molar-refractivity contribution in [3.8, 4) is 90.3 Å². The fourth-order valence-corrected chi connectivity index (χ4v) is 8.81. The van der Waals surface area contributed by atoms with E-state index in [0.717, 1.165) is 66.7 Å². The molecular formula is C63H41IrN7O-2. The Labute approximate surface area is 429 Å². The average molecular weight is 1100 g/mol. The van der Waals surface area contributed by atoms with Gasteiger partial charge in [-0.05, 0) is 63.3 Å². The van der Waals surface area contributed by atoms with Crippen molar-refractivity contribution < 1.29 is 24.5 Å². The molecule has 0 N–H and O–H groups in total. The smallest absolute Gasteiger partial charge is 0.216 e. The molecule has 0 fully saturated rings. The second kappa shape index (κ2) is 20.1. The van der Waals surface area contributed by atoms with Gasteiger partial charge in [0.05, 0.1) is 22.4 Å². The maximum absolute atomic E-state index is 6.28. The van der Waals surface area contributed by atoms with E-state index in [2.05, 4.69) is 113 Å². The van der Waals surface area contributed by atoms with Crippen molar-refractivity contribution in [3.05, 3.63) is 243 Å². The van der Waals surface area contributed by atoms with E-state index in [4.69, 9.17) is 29.3 Å². The van der Waals surface area contributed by atoms with Gasteiger partial charge in [0.25, 0.3) is 0 Å². The predicted octanol–water partition coefficient (Wildman–Crippen LogP) is 15.1. The molecule has 13 aromatic rings. The fraction of sp³-hybridized carbons (Fsp3) is 0.0159. The summed E-state index contributed by atoms with van der Waals surface area (Å²) in [6.07, 6.45) is 1.86. The van der Waals surface area contributed by atoms with Crippen LogP contribution in [0.25, 0.3) is 123 Å². The first-order chi connectivity index (χ1) is 35.1. The molecule has 0 atom stereocenters. The van der Waals surface area contributed by atoms with Crippen LogP contribution in [-0.4, -0.2) is 34.5 Å². The van der Waals surface area contributed by atoms with E-state index in [-0.39, 0.29) is 20.1 Å². The number of aryl methyl sites for hydroxylation is 1. The van der Waals surface area contributed by atoms with Gasteiger partial charge in [0.2, 0.25) is 5.71 Å². The zero-order chi connectivity index (χ0) is 47.5. The molecule has 0 spiro atoms. The van der Waals surface area contributed by atoms with Crippen molar-refractivity contribution in [3.63, 3.8) is 0 Å². The molecule has 0 unspecified atom stereocenters. The number of pyridine rings is 2. The van der Waals surface area contributed by atoms with Gasteiger partial charge in [0.15, 0.2) is 17.5 Å². The first-order valence-electron chi connectivity index (χ1n) is 23.3. The van der Waals surface area contributed by atoms with Crippen LogP contribution < -0.4 is 0 Å². The molecule has 0 aliphatic heterocycles. The van der Waals surface area contributed by atoms with Gasteiger partial charge >= 0.3 is 0 Å². The van der Waals surface area contributed by atoms with Crippen LogP contribution in [0.15, 0.2) is 235 Å². The zero-order valence-corrected chi connectivity index (χ0v) is 41.2. The third-order valence-electron chi connectivity index (χ3n) is 12.5. The molecule has 1 radical (unpaired) electrons. The number of rotatable bonds is 8. The summed E-state index contributed by atoms with van der Waals surface area (Å²) in [4.78, 5) is 28.5. The number of aromatic nitrogens is 7. The Balaban J connectivity index is 0.000000161. The summed E-state index contributed by atoms with van der Waals surface area (Å²) < 4.78 is 8.35. The van der Waals surface area contributed by atoms with Crippen molar-refractivity contribution in [1.82, 2.24) is 34.5 Å². The van der Waals surface area contributed by atoms with Crippen LogP contribution in [0.2, 0.25) is 0 Å². The number of benzene rings is 8. The van der Waals surface area contributed by atoms with E-state index >= 15 is 0 Å². The maximum Gasteiger partial charge on any atom is 0.216 e. The second-order valence-corrected chi connectivity index (χ2v) is 17.0. The predicted molar refractivity (Wildman–Crippen MR) is 285 cm³/mol. The Morgan fingerprint density at radius 3 is 1.58 bits per heavy atom. The minimum absolute atomic E-state index is 0. The quantitative estimate of drug-likeness (QED) is 0.140. The topological polar surface area (TPSA) is 95.4 Å². The molecular weight excluding hydrogens is 1060 g/mol. The van der Waals surface area contributed by atoms with Crippen LogP contribution >= 0.6 is 0 Å². The summed E-state index contributed by atoms with van der Waals surface area (Å²) in [7, 11) is 2.01. The average Bonchev–Trinajstić information content (AvgIpc) is 4.00. The van der Waals surface area contributed by atoms with Gasteiger partial charge < -0.3 is 14.0 Å². The largest absolute Gasteiger partial charge is 0.458 e. The van der Waals surface area contributed by atoms with Gasteiger partial charge in [-0.1, -0.05) is 175 Å². The van der Waals surface area contributed by atoms with Crippen molar-refractivity contribution in [1.29, 1.82) is 0 Å². The number of furan rings is 1. The summed E-state index contributed by atoms with van der Waals surface area (Å²) in [6.45, 7) is 0. The van der Waals surface area contributed by atoms with E-state index < -0.39 is 0 Å². The Hall–Kier alpha value is -9.01. The molecule has 0 saturated carbocycles. The molecule has 0 saturated heterocycles. The Kier molecular flexibility index (Phi) is 12.7. The van der Waals surface area contributed by atoms with Crippen LogP contribution in [0.5, 0.6) is 0 Å². The van der Waals surface area contributed by atoms with Crippen LogP contribution in [0.3, 0.4) is 0 Å². The Morgan fingerprint density at radius 2 is 0.972 bits per heavy atom. The number of nitrogens with zero attached hydrogens (tertiary/aromatic N) is 7. The van der Waals surface area contributed by atoms with Gasteiger partial charge in [-0.15, -0.1) is 53.6 Å². The number of para-hydroxylation sites is 2. The number of imidazole rings is 1. The van der Waals surface area contributed by atoms with Crippen molar-refractivity contribution in [2.24, 2.45) is 7.05 Å². The Morgan fingerprint density at radius 1 is 0.417 bits per heavy atom. The molecule has 5 aromatic heterocycles. The van der Waals surface area contributed by atoms with Gasteiger partial charge in [0, 0.05) is 49.9 Å². The van der Waals surface area contributed by atoms with Crippen molar-refractivity contribution >= 4 is 33.1 Å². The molecule has 72 heavy (non-hydrogen) atoms. The normalized spacial score (nSPS) is 11.0. The molecule has 13 rings (SSSR count). The van der Waals surface area contributed by atoms with Crippen molar-refractivity contribution in [2.45, 2.75) is 0 Å². The standard InChI is InChI=1S/C34H21N6O.C29H20N.Ir/c1-40-28-15-9-8-14-26(28)35-33(40)23-16-17-24-25-18-19-27(36-34(25)41-29(24)20-23)32-38-30(21-10-4-2-5-11-21)37-31(39-32)22-12-6-3-7-13-22;1-3-7-22(8-4-1)23-11-13-24(14-12-23)25-15-17-26(18-16-25)28-19-20-30-29(21-28)27-9-5-2-6-10-27;/h2-15,17-20H,1H3;1-9,11-21H;/q2*-1;. The van der Waals surface area contributed by atoms with Crippen LogP contribution in [-0.2, 0) is 27.2 Å². The molecule has 5 heterocycles. The second-order valence-electron chi connectivity index (χ2n) is 17.0. The van der Waals surface area contributed by atoms with Gasteiger partial charge in [0.1, 0.15) is 5.69 Å². The van der Waals surface area contributed by atoms with Gasteiger partial charge in [-0.3, -0.25) is 4.98 Å². The van der Waals surface area contributed by atoms with Gasteiger partial charge in [-0.25, -0.2) is 19.9 Å². The summed E-state index contributed by atoms with van der Waals surface area (Å²) in [6, 6.07) is 82.4. The summed E-state index contributed by atoms with van der Waals surface area (Å²) in [5.74, 6) is 2.48. The zero-order valence-electron chi connectivity index (χ0n) is 38.8. The summed E-state index contributed by atoms with van der Waals surface area (Å²) in [5.41, 5.74) is 15.7. The number of hydrogen-bond donors (Lipinski definition) is 0. The monoisotopic (exact) mass is 1100 g/mol. The van der Waals surface area contributed by atoms with Crippen LogP contribution in [0, 0.1) is 12.1 Å². The minimum Gasteiger partial charge on any atom is -0.458 e. The first-order valence-corrected chi connectivity index (χ1v) is 23.3. The SMILES string of the molecule is Cn1c(-c2[c-]cc3c(c2)oc2nc(-c4nc(-c5ccccc5)nc(-c5ccccc5)n4)ccc23)nc2ccccc21.[Ir].[c-]1ccccc1-c1cc(-c2ccc(-c3ccc(-c4ccccc4)cc3)cc2)ccn1. The van der Waals surface area contributed by atoms with Gasteiger partial charge in [-0.2, -0.15) is 0 Å². The van der Waals surface area contributed by atoms with Crippen LogP contribution in [0.4, 0.5) is 0 Å². The third-order valence-corrected chi connectivity index (χ3v) is 12.5. The maximum atomic E-state index is 6.28.